The summed E-state index contributed by atoms with van der Waals surface area (Å²) in [5.74, 6) is -2.54. The molecule has 0 saturated heterocycles. The minimum Gasteiger partial charge on any atom is -0.303 e. The second-order valence-electron chi connectivity index (χ2n) is 6.16. The molecule has 1 aliphatic carbocycles. The molecule has 3 atom stereocenters. The molecule has 4 nitrogen and oxygen atoms in total. The smallest absolute Gasteiger partial charge is 0.303 e. The van der Waals surface area contributed by atoms with Gasteiger partial charge in [0, 0.05) is 18.3 Å². The first-order valence-electron chi connectivity index (χ1n) is 7.73. The highest BCUT2D eigenvalue weighted by atomic mass is 32.2. The molecule has 1 saturated carbocycles. The van der Waals surface area contributed by atoms with Crippen LogP contribution in [-0.4, -0.2) is 26.5 Å². The van der Waals surface area contributed by atoms with Crippen molar-refractivity contribution >= 4 is 16.4 Å². The van der Waals surface area contributed by atoms with Gasteiger partial charge in [0.25, 0.3) is 10.1 Å². The lowest BCUT2D eigenvalue weighted by molar-refractivity contribution is -0.269. The summed E-state index contributed by atoms with van der Waals surface area (Å²) in [6.45, 7) is 5.12. The Balaban J connectivity index is 2.55. The fourth-order valence-electron chi connectivity index (χ4n) is 3.37. The third-order valence-corrected chi connectivity index (χ3v) is 5.99. The summed E-state index contributed by atoms with van der Waals surface area (Å²) in [7, 11) is -4.68. The summed E-state index contributed by atoms with van der Waals surface area (Å²) in [5, 5.41) is 0. The molecule has 1 aromatic rings. The van der Waals surface area contributed by atoms with Crippen molar-refractivity contribution in [2.75, 3.05) is 0 Å². The quantitative estimate of drug-likeness (QED) is 0.430. The first-order valence-corrected chi connectivity index (χ1v) is 9.14. The third kappa shape index (κ3) is 3.50. The van der Waals surface area contributed by atoms with Crippen LogP contribution in [0.15, 0.2) is 41.8 Å². The number of aldehydes is 1. The number of alkyl halides is 3. The van der Waals surface area contributed by atoms with Gasteiger partial charge in [0.05, 0.1) is 4.90 Å². The zero-order valence-corrected chi connectivity index (χ0v) is 14.4. The van der Waals surface area contributed by atoms with Crippen LogP contribution in [0.3, 0.4) is 0 Å². The molecule has 0 N–H and O–H groups in total. The van der Waals surface area contributed by atoms with Crippen LogP contribution in [0.2, 0.25) is 0 Å². The van der Waals surface area contributed by atoms with Crippen molar-refractivity contribution in [3.63, 3.8) is 0 Å². The van der Waals surface area contributed by atoms with E-state index in [-0.39, 0.29) is 17.7 Å². The molecule has 138 valence electrons. The van der Waals surface area contributed by atoms with Crippen LogP contribution in [0.1, 0.15) is 24.8 Å². The average Bonchev–Trinajstić information content (AvgIpc) is 2.86. The Kier molecular flexibility index (Phi) is 5.44. The Morgan fingerprint density at radius 1 is 1.28 bits per heavy atom. The molecule has 2 rings (SSSR count). The van der Waals surface area contributed by atoms with Crippen LogP contribution < -0.4 is 0 Å². The highest BCUT2D eigenvalue weighted by Gasteiger charge is 2.68. The monoisotopic (exact) mass is 376 g/mol. The Morgan fingerprint density at radius 3 is 2.36 bits per heavy atom. The maximum Gasteiger partial charge on any atom is 0.419 e. The second-order valence-corrected chi connectivity index (χ2v) is 7.71. The molecule has 0 aromatic heterocycles. The molecule has 25 heavy (non-hydrogen) atoms. The minimum atomic E-state index is -4.98. The van der Waals surface area contributed by atoms with Gasteiger partial charge in [-0.1, -0.05) is 23.8 Å². The first-order chi connectivity index (χ1) is 11.6. The van der Waals surface area contributed by atoms with E-state index in [2.05, 4.69) is 6.58 Å². The average molecular weight is 376 g/mol. The normalized spacial score (nSPS) is 27.2. The number of halogens is 3. The zero-order valence-electron chi connectivity index (χ0n) is 13.6. The van der Waals surface area contributed by atoms with E-state index < -0.39 is 40.2 Å². The first kappa shape index (κ1) is 19.7. The summed E-state index contributed by atoms with van der Waals surface area (Å²) >= 11 is 0. The van der Waals surface area contributed by atoms with Crippen molar-refractivity contribution in [2.24, 2.45) is 11.8 Å². The van der Waals surface area contributed by atoms with Crippen molar-refractivity contribution in [3.8, 4) is 0 Å². The maximum atomic E-state index is 14.0. The van der Waals surface area contributed by atoms with Gasteiger partial charge in [-0.15, -0.1) is 6.58 Å². The van der Waals surface area contributed by atoms with E-state index in [1.165, 1.54) is 24.3 Å². The van der Waals surface area contributed by atoms with Gasteiger partial charge < -0.3 is 4.79 Å². The molecular formula is C17H19F3O4S. The predicted octanol–water partition coefficient (Wildman–Crippen LogP) is 3.80. The largest absolute Gasteiger partial charge is 0.419 e. The Bertz CT molecular complexity index is 740. The van der Waals surface area contributed by atoms with Crippen molar-refractivity contribution in [1.82, 2.24) is 0 Å². The van der Waals surface area contributed by atoms with Gasteiger partial charge in [-0.25, -0.2) is 4.18 Å². The van der Waals surface area contributed by atoms with E-state index in [9.17, 15) is 26.4 Å². The highest BCUT2D eigenvalue weighted by molar-refractivity contribution is 7.86. The van der Waals surface area contributed by atoms with Gasteiger partial charge in [-0.05, 0) is 31.9 Å². The van der Waals surface area contributed by atoms with Crippen LogP contribution >= 0.6 is 0 Å². The van der Waals surface area contributed by atoms with Crippen molar-refractivity contribution < 1.29 is 30.6 Å². The third-order valence-electron chi connectivity index (χ3n) is 4.65. The molecule has 1 aliphatic rings. The second kappa shape index (κ2) is 6.92. The fraction of sp³-hybridized carbons (Fsp3) is 0.471. The lowest BCUT2D eigenvalue weighted by Crippen LogP contribution is -2.55. The van der Waals surface area contributed by atoms with E-state index in [0.29, 0.717) is 6.29 Å². The van der Waals surface area contributed by atoms with Gasteiger partial charge in [-0.2, -0.15) is 21.6 Å². The molecule has 0 spiro atoms. The lowest BCUT2D eigenvalue weighted by atomic mass is 9.82. The van der Waals surface area contributed by atoms with Crippen LogP contribution in [0, 0.1) is 18.8 Å². The fourth-order valence-corrected chi connectivity index (χ4v) is 4.65. The number of hydrogen-bond donors (Lipinski definition) is 0. The Morgan fingerprint density at radius 2 is 1.88 bits per heavy atom. The van der Waals surface area contributed by atoms with E-state index >= 15 is 0 Å². The van der Waals surface area contributed by atoms with Crippen molar-refractivity contribution in [3.05, 3.63) is 42.5 Å². The summed E-state index contributed by atoms with van der Waals surface area (Å²) < 4.78 is 71.8. The van der Waals surface area contributed by atoms with E-state index in [4.69, 9.17) is 4.18 Å². The number of benzene rings is 1. The molecule has 0 aliphatic heterocycles. The summed E-state index contributed by atoms with van der Waals surface area (Å²) in [6.07, 6.45) is -3.92. The Hall–Kier alpha value is -1.67. The van der Waals surface area contributed by atoms with E-state index in [1.54, 1.807) is 6.92 Å². The molecule has 0 heterocycles. The highest BCUT2D eigenvalue weighted by Crippen LogP contribution is 2.55. The molecular weight excluding hydrogens is 357 g/mol. The van der Waals surface area contributed by atoms with Crippen LogP contribution in [0.25, 0.3) is 0 Å². The van der Waals surface area contributed by atoms with Gasteiger partial charge in [0.2, 0.25) is 0 Å². The standard InChI is InChI=1S/C17H19F3O4S/c1-3-13-6-7-14(10-11-21)16(13,17(18,19)20)24-25(22,23)15-8-4-12(2)5-9-15/h3-5,8-9,11,13-14H,1,6-7,10H2,2H3/t13-,14+,16+/m0/s1. The predicted molar refractivity (Wildman–Crippen MR) is 85.3 cm³/mol. The van der Waals surface area contributed by atoms with Crippen molar-refractivity contribution in [1.29, 1.82) is 0 Å². The molecule has 0 unspecified atom stereocenters. The van der Waals surface area contributed by atoms with Crippen LogP contribution in [0.4, 0.5) is 13.2 Å². The van der Waals surface area contributed by atoms with Gasteiger partial charge in [0.1, 0.15) is 6.29 Å². The SMILES string of the molecule is C=C[C@H]1CC[C@H](CC=O)[C@@]1(OS(=O)(=O)c1ccc(C)cc1)C(F)(F)F. The molecule has 8 heteroatoms. The van der Waals surface area contributed by atoms with E-state index in [1.807, 2.05) is 0 Å². The summed E-state index contributed by atoms with van der Waals surface area (Å²) in [6, 6.07) is 5.33. The Labute approximate surface area is 144 Å². The number of carbonyl (C=O) groups excluding carboxylic acids is 1. The molecule has 1 fully saturated rings. The molecule has 0 bridgehead atoms. The molecule has 1 aromatic carbocycles. The topological polar surface area (TPSA) is 60.4 Å². The van der Waals surface area contributed by atoms with Crippen LogP contribution in [-0.2, 0) is 19.1 Å². The van der Waals surface area contributed by atoms with Crippen molar-refractivity contribution in [2.45, 2.75) is 42.9 Å². The number of hydrogen-bond acceptors (Lipinski definition) is 4. The lowest BCUT2D eigenvalue weighted by Gasteiger charge is -2.39. The number of rotatable bonds is 6. The number of carbonyl (C=O) groups is 1. The number of aryl methyl sites for hydroxylation is 1. The summed E-state index contributed by atoms with van der Waals surface area (Å²) in [5.41, 5.74) is -2.23. The van der Waals surface area contributed by atoms with E-state index in [0.717, 1.165) is 11.6 Å². The zero-order chi connectivity index (χ0) is 18.9. The molecule has 0 amide bonds. The van der Waals surface area contributed by atoms with Gasteiger partial charge in [0.15, 0.2) is 5.60 Å². The minimum absolute atomic E-state index is 0.0261. The maximum absolute atomic E-state index is 14.0. The van der Waals surface area contributed by atoms with Gasteiger partial charge >= 0.3 is 6.18 Å². The molecule has 0 radical (unpaired) electrons. The van der Waals surface area contributed by atoms with Gasteiger partial charge in [-0.3, -0.25) is 0 Å². The van der Waals surface area contributed by atoms with Crippen LogP contribution in [0.5, 0.6) is 0 Å². The summed E-state index contributed by atoms with van der Waals surface area (Å²) in [4.78, 5) is 10.5.